The van der Waals surface area contributed by atoms with E-state index in [1.807, 2.05) is 18.2 Å². The maximum atomic E-state index is 11.8. The van der Waals surface area contributed by atoms with Crippen LogP contribution in [0, 0.1) is 0 Å². The normalized spacial score (nSPS) is 20.1. The molecule has 1 aromatic rings. The van der Waals surface area contributed by atoms with Gasteiger partial charge >= 0.3 is 0 Å². The van der Waals surface area contributed by atoms with Crippen molar-refractivity contribution in [1.29, 1.82) is 0 Å². The second kappa shape index (κ2) is 6.52. The van der Waals surface area contributed by atoms with E-state index in [0.717, 1.165) is 19.4 Å². The minimum atomic E-state index is -0.0838. The van der Waals surface area contributed by atoms with Gasteiger partial charge in [0.15, 0.2) is 5.78 Å². The van der Waals surface area contributed by atoms with Crippen LogP contribution in [0.25, 0.3) is 0 Å². The molecule has 1 fully saturated rings. The molecule has 1 unspecified atom stereocenters. The van der Waals surface area contributed by atoms with Crippen LogP contribution < -0.4 is 5.32 Å². The van der Waals surface area contributed by atoms with Gasteiger partial charge in [-0.05, 0) is 18.4 Å². The van der Waals surface area contributed by atoms with Crippen LogP contribution >= 0.6 is 0 Å². The number of rotatable bonds is 5. The van der Waals surface area contributed by atoms with Gasteiger partial charge in [-0.15, -0.1) is 0 Å². The molecule has 0 saturated carbocycles. The number of carbonyl (C=O) groups is 1. The summed E-state index contributed by atoms with van der Waals surface area (Å²) in [4.78, 5) is 11.8. The highest BCUT2D eigenvalue weighted by Gasteiger charge is 2.20. The Bertz CT molecular complexity index is 344. The van der Waals surface area contributed by atoms with Crippen LogP contribution in [0.3, 0.4) is 0 Å². The highest BCUT2D eigenvalue weighted by molar-refractivity contribution is 5.84. The van der Waals surface area contributed by atoms with Crippen molar-refractivity contribution in [2.24, 2.45) is 0 Å². The maximum absolute atomic E-state index is 11.8. The van der Waals surface area contributed by atoms with E-state index in [1.54, 1.807) is 0 Å². The van der Waals surface area contributed by atoms with Crippen molar-refractivity contribution in [3.05, 3.63) is 35.9 Å². The van der Waals surface area contributed by atoms with Gasteiger partial charge < -0.3 is 10.1 Å². The predicted octanol–water partition coefficient (Wildman–Crippen LogP) is 1.57. The lowest BCUT2D eigenvalue weighted by atomic mass is 10.0. The number of aryl methyl sites for hydroxylation is 1. The van der Waals surface area contributed by atoms with Gasteiger partial charge in [0, 0.05) is 13.0 Å². The molecule has 17 heavy (non-hydrogen) atoms. The second-order valence-electron chi connectivity index (χ2n) is 4.39. The summed E-state index contributed by atoms with van der Waals surface area (Å²) in [6, 6.07) is 10.2. The lowest BCUT2D eigenvalue weighted by molar-refractivity contribution is -0.123. The molecule has 0 aromatic heterocycles. The summed E-state index contributed by atoms with van der Waals surface area (Å²) in [6.45, 7) is 2.03. The van der Waals surface area contributed by atoms with E-state index in [1.165, 1.54) is 5.56 Å². The maximum Gasteiger partial charge on any atom is 0.152 e. The highest BCUT2D eigenvalue weighted by Crippen LogP contribution is 2.07. The van der Waals surface area contributed by atoms with Crippen LogP contribution in [-0.2, 0) is 16.0 Å². The monoisotopic (exact) mass is 233 g/mol. The van der Waals surface area contributed by atoms with E-state index in [-0.39, 0.29) is 11.8 Å². The SMILES string of the molecule is O=C(CCCc1ccccc1)C1COCCN1. The number of nitrogens with one attached hydrogen (secondary N) is 1. The zero-order chi connectivity index (χ0) is 11.9. The Morgan fingerprint density at radius 2 is 2.18 bits per heavy atom. The fraction of sp³-hybridized carbons (Fsp3) is 0.500. The van der Waals surface area contributed by atoms with Crippen LogP contribution in [0.15, 0.2) is 30.3 Å². The summed E-state index contributed by atoms with van der Waals surface area (Å²) >= 11 is 0. The van der Waals surface area contributed by atoms with Gasteiger partial charge in [0.05, 0.1) is 19.3 Å². The molecule has 0 bridgehead atoms. The van der Waals surface area contributed by atoms with Gasteiger partial charge in [-0.3, -0.25) is 4.79 Å². The van der Waals surface area contributed by atoms with Crippen LogP contribution in [0.1, 0.15) is 18.4 Å². The van der Waals surface area contributed by atoms with Gasteiger partial charge in [-0.1, -0.05) is 30.3 Å². The molecule has 0 spiro atoms. The predicted molar refractivity (Wildman–Crippen MR) is 67.0 cm³/mol. The molecule has 0 radical (unpaired) electrons. The molecule has 1 atom stereocenters. The molecule has 1 N–H and O–H groups in total. The number of ketones is 1. The third kappa shape index (κ3) is 3.95. The van der Waals surface area contributed by atoms with E-state index >= 15 is 0 Å². The number of carbonyl (C=O) groups excluding carboxylic acids is 1. The fourth-order valence-corrected chi connectivity index (χ4v) is 2.06. The molecular formula is C14H19NO2. The van der Waals surface area contributed by atoms with Crippen molar-refractivity contribution in [1.82, 2.24) is 5.32 Å². The summed E-state index contributed by atoms with van der Waals surface area (Å²) in [5.74, 6) is 0.278. The topological polar surface area (TPSA) is 38.3 Å². The van der Waals surface area contributed by atoms with Crippen molar-refractivity contribution in [2.75, 3.05) is 19.8 Å². The van der Waals surface area contributed by atoms with E-state index in [0.29, 0.717) is 19.6 Å². The lowest BCUT2D eigenvalue weighted by Gasteiger charge is -2.22. The van der Waals surface area contributed by atoms with E-state index in [4.69, 9.17) is 4.74 Å². The third-order valence-electron chi connectivity index (χ3n) is 3.04. The lowest BCUT2D eigenvalue weighted by Crippen LogP contribution is -2.46. The van der Waals surface area contributed by atoms with Gasteiger partial charge in [-0.25, -0.2) is 0 Å². The average molecular weight is 233 g/mol. The molecule has 1 heterocycles. The van der Waals surface area contributed by atoms with Crippen LogP contribution in [0.2, 0.25) is 0 Å². The smallest absolute Gasteiger partial charge is 0.152 e. The van der Waals surface area contributed by atoms with E-state index < -0.39 is 0 Å². The summed E-state index contributed by atoms with van der Waals surface area (Å²) in [5, 5.41) is 3.19. The van der Waals surface area contributed by atoms with Crippen molar-refractivity contribution in [2.45, 2.75) is 25.3 Å². The molecule has 1 aliphatic rings. The molecule has 2 rings (SSSR count). The van der Waals surface area contributed by atoms with Gasteiger partial charge in [0.25, 0.3) is 0 Å². The number of morpholine rings is 1. The molecule has 3 nitrogen and oxygen atoms in total. The first-order valence-electron chi connectivity index (χ1n) is 6.24. The first-order valence-corrected chi connectivity index (χ1v) is 6.24. The average Bonchev–Trinajstić information content (AvgIpc) is 2.41. The zero-order valence-corrected chi connectivity index (χ0v) is 10.0. The van der Waals surface area contributed by atoms with Gasteiger partial charge in [-0.2, -0.15) is 0 Å². The summed E-state index contributed by atoms with van der Waals surface area (Å²) in [6.07, 6.45) is 2.52. The number of ether oxygens (including phenoxy) is 1. The Morgan fingerprint density at radius 1 is 1.35 bits per heavy atom. The molecule has 92 valence electrons. The summed E-state index contributed by atoms with van der Waals surface area (Å²) in [7, 11) is 0. The van der Waals surface area contributed by atoms with Crippen molar-refractivity contribution < 1.29 is 9.53 Å². The Kier molecular flexibility index (Phi) is 4.71. The van der Waals surface area contributed by atoms with E-state index in [9.17, 15) is 4.79 Å². The van der Waals surface area contributed by atoms with Crippen LogP contribution in [0.5, 0.6) is 0 Å². The Balaban J connectivity index is 1.69. The van der Waals surface area contributed by atoms with Gasteiger partial charge in [0.2, 0.25) is 0 Å². The number of benzene rings is 1. The highest BCUT2D eigenvalue weighted by atomic mass is 16.5. The van der Waals surface area contributed by atoms with E-state index in [2.05, 4.69) is 17.4 Å². The minimum absolute atomic E-state index is 0.0838. The number of hydrogen-bond donors (Lipinski definition) is 1. The Hall–Kier alpha value is -1.19. The molecular weight excluding hydrogens is 214 g/mol. The van der Waals surface area contributed by atoms with Crippen LogP contribution in [0.4, 0.5) is 0 Å². The molecule has 1 aromatic carbocycles. The van der Waals surface area contributed by atoms with Gasteiger partial charge in [0.1, 0.15) is 0 Å². The second-order valence-corrected chi connectivity index (χ2v) is 4.39. The summed E-state index contributed by atoms with van der Waals surface area (Å²) < 4.78 is 5.28. The van der Waals surface area contributed by atoms with Crippen LogP contribution in [-0.4, -0.2) is 31.6 Å². The summed E-state index contributed by atoms with van der Waals surface area (Å²) in [5.41, 5.74) is 1.30. The van der Waals surface area contributed by atoms with Crippen molar-refractivity contribution >= 4 is 5.78 Å². The molecule has 1 aliphatic heterocycles. The largest absolute Gasteiger partial charge is 0.378 e. The number of Topliss-reactive ketones (excluding diaryl/α,β-unsaturated/α-hetero) is 1. The molecule has 0 aliphatic carbocycles. The minimum Gasteiger partial charge on any atom is -0.378 e. The molecule has 3 heteroatoms. The Morgan fingerprint density at radius 3 is 2.88 bits per heavy atom. The van der Waals surface area contributed by atoms with Crippen molar-refractivity contribution in [3.63, 3.8) is 0 Å². The zero-order valence-electron chi connectivity index (χ0n) is 10.0. The quantitative estimate of drug-likeness (QED) is 0.839. The molecule has 0 amide bonds. The van der Waals surface area contributed by atoms with Crippen molar-refractivity contribution in [3.8, 4) is 0 Å². The Labute approximate surface area is 102 Å². The standard InChI is InChI=1S/C14H19NO2/c16-14(13-11-17-10-9-15-13)8-4-7-12-5-2-1-3-6-12/h1-3,5-6,13,15H,4,7-11H2. The number of hydrogen-bond acceptors (Lipinski definition) is 3. The molecule has 1 saturated heterocycles. The first-order chi connectivity index (χ1) is 8.36. The first kappa shape index (κ1) is 12.3. The fourth-order valence-electron chi connectivity index (χ4n) is 2.06. The third-order valence-corrected chi connectivity index (χ3v) is 3.04.